The molecule has 1 nitrogen and oxygen atoms in total. The summed E-state index contributed by atoms with van der Waals surface area (Å²) in [4.78, 5) is 2.15. The van der Waals surface area contributed by atoms with Crippen molar-refractivity contribution in [1.29, 1.82) is 0 Å². The van der Waals surface area contributed by atoms with E-state index in [2.05, 4.69) is 0 Å². The predicted octanol–water partition coefficient (Wildman–Crippen LogP) is 3.58. The van der Waals surface area contributed by atoms with Gasteiger partial charge < -0.3 is 5.73 Å². The Labute approximate surface area is 103 Å². The van der Waals surface area contributed by atoms with Gasteiger partial charge in [0.25, 0.3) is 0 Å². The third kappa shape index (κ3) is 2.90. The summed E-state index contributed by atoms with van der Waals surface area (Å²) in [7, 11) is 0. The molecule has 1 atom stereocenters. The number of halogens is 2. The number of hydrogen-bond donors (Lipinski definition) is 1. The topological polar surface area (TPSA) is 26.0 Å². The normalized spacial score (nSPS) is 12.7. The van der Waals surface area contributed by atoms with Gasteiger partial charge in [-0.25, -0.2) is 8.78 Å². The summed E-state index contributed by atoms with van der Waals surface area (Å²) < 4.78 is 26.4. The summed E-state index contributed by atoms with van der Waals surface area (Å²) in [6, 6.07) is 7.07. The summed E-state index contributed by atoms with van der Waals surface area (Å²) in [6.07, 6.45) is 0.309. The van der Waals surface area contributed by atoms with Gasteiger partial charge in [-0.2, -0.15) is 0 Å². The van der Waals surface area contributed by atoms with Gasteiger partial charge in [0, 0.05) is 15.8 Å². The minimum absolute atomic E-state index is 0.287. The third-order valence-electron chi connectivity index (χ3n) is 2.57. The lowest BCUT2D eigenvalue weighted by Crippen LogP contribution is -2.12. The van der Waals surface area contributed by atoms with Gasteiger partial charge in [-0.3, -0.25) is 0 Å². The van der Waals surface area contributed by atoms with Crippen LogP contribution in [0.25, 0.3) is 0 Å². The van der Waals surface area contributed by atoms with Gasteiger partial charge in [0.05, 0.1) is 0 Å². The van der Waals surface area contributed by atoms with E-state index in [9.17, 15) is 8.78 Å². The molecule has 2 rings (SSSR count). The largest absolute Gasteiger partial charge is 0.323 e. The molecule has 2 aromatic rings. The number of rotatable bonds is 3. The lowest BCUT2D eigenvalue weighted by Gasteiger charge is -2.10. The van der Waals surface area contributed by atoms with Crippen LogP contribution in [-0.2, 0) is 6.42 Å². The zero-order valence-corrected chi connectivity index (χ0v) is 10.2. The number of aryl methyl sites for hydroxylation is 1. The van der Waals surface area contributed by atoms with Crippen LogP contribution in [0.4, 0.5) is 8.78 Å². The molecule has 17 heavy (non-hydrogen) atoms. The van der Waals surface area contributed by atoms with Gasteiger partial charge in [-0.05, 0) is 49.2 Å². The van der Waals surface area contributed by atoms with E-state index in [0.717, 1.165) is 21.9 Å². The van der Waals surface area contributed by atoms with Crippen molar-refractivity contribution in [2.45, 2.75) is 19.4 Å². The van der Waals surface area contributed by atoms with Crippen LogP contribution < -0.4 is 5.73 Å². The Morgan fingerprint density at radius 3 is 2.65 bits per heavy atom. The van der Waals surface area contributed by atoms with E-state index in [0.29, 0.717) is 12.0 Å². The molecule has 0 aliphatic heterocycles. The van der Waals surface area contributed by atoms with E-state index in [4.69, 9.17) is 5.73 Å². The second-order valence-corrected chi connectivity index (χ2v) is 5.31. The highest BCUT2D eigenvalue weighted by Crippen LogP contribution is 2.24. The van der Waals surface area contributed by atoms with Crippen molar-refractivity contribution in [1.82, 2.24) is 0 Å². The van der Waals surface area contributed by atoms with Crippen molar-refractivity contribution in [2.75, 3.05) is 0 Å². The fourth-order valence-electron chi connectivity index (χ4n) is 1.69. The molecule has 0 saturated carbocycles. The van der Waals surface area contributed by atoms with Crippen LogP contribution in [0.3, 0.4) is 0 Å². The molecule has 4 heteroatoms. The second kappa shape index (κ2) is 4.94. The first-order chi connectivity index (χ1) is 8.06. The van der Waals surface area contributed by atoms with Crippen LogP contribution in [0, 0.1) is 18.6 Å². The van der Waals surface area contributed by atoms with Crippen molar-refractivity contribution in [3.8, 4) is 0 Å². The fourth-order valence-corrected chi connectivity index (χ4v) is 2.57. The Balaban J connectivity index is 2.18. The van der Waals surface area contributed by atoms with Gasteiger partial charge in [0.2, 0.25) is 0 Å². The number of benzene rings is 1. The lowest BCUT2D eigenvalue weighted by atomic mass is 10.0. The van der Waals surface area contributed by atoms with Gasteiger partial charge >= 0.3 is 0 Å². The molecule has 0 spiro atoms. The Bertz CT molecular complexity index is 522. The van der Waals surface area contributed by atoms with Crippen molar-refractivity contribution in [3.05, 3.63) is 57.3 Å². The Hall–Kier alpha value is -1.26. The van der Waals surface area contributed by atoms with E-state index < -0.39 is 11.6 Å². The molecule has 90 valence electrons. The molecule has 0 bridgehead atoms. The maximum atomic E-state index is 13.4. The van der Waals surface area contributed by atoms with Gasteiger partial charge in [0.1, 0.15) is 11.6 Å². The first kappa shape index (κ1) is 12.2. The molecule has 0 fully saturated rings. The summed E-state index contributed by atoms with van der Waals surface area (Å²) in [5.74, 6) is -0.842. The second-order valence-electron chi connectivity index (χ2n) is 3.99. The standard InChI is InChI=1S/C13H13F2NS/c1-8-2-5-13(17-8)12(16)7-9-6-10(14)3-4-11(9)15/h2-6,12H,7,16H2,1H3. The lowest BCUT2D eigenvalue weighted by molar-refractivity contribution is 0.574. The third-order valence-corrected chi connectivity index (χ3v) is 3.71. The minimum Gasteiger partial charge on any atom is -0.323 e. The molecular weight excluding hydrogens is 240 g/mol. The average molecular weight is 253 g/mol. The van der Waals surface area contributed by atoms with E-state index in [1.165, 1.54) is 6.07 Å². The Kier molecular flexibility index (Phi) is 3.54. The van der Waals surface area contributed by atoms with Crippen molar-refractivity contribution >= 4 is 11.3 Å². The van der Waals surface area contributed by atoms with E-state index in [1.54, 1.807) is 11.3 Å². The highest BCUT2D eigenvalue weighted by Gasteiger charge is 2.12. The highest BCUT2D eigenvalue weighted by atomic mass is 32.1. The van der Waals surface area contributed by atoms with Crippen LogP contribution in [0.15, 0.2) is 30.3 Å². The first-order valence-corrected chi connectivity index (χ1v) is 6.14. The van der Waals surface area contributed by atoms with Crippen LogP contribution >= 0.6 is 11.3 Å². The zero-order chi connectivity index (χ0) is 12.4. The molecule has 0 saturated heterocycles. The molecule has 1 aromatic heterocycles. The summed E-state index contributed by atoms with van der Waals surface area (Å²) >= 11 is 1.58. The fraction of sp³-hybridized carbons (Fsp3) is 0.231. The molecule has 1 unspecified atom stereocenters. The molecule has 0 amide bonds. The van der Waals surface area contributed by atoms with Crippen LogP contribution in [0.2, 0.25) is 0 Å². The van der Waals surface area contributed by atoms with Crippen molar-refractivity contribution in [3.63, 3.8) is 0 Å². The molecule has 0 aliphatic rings. The maximum absolute atomic E-state index is 13.4. The number of thiophene rings is 1. The monoisotopic (exact) mass is 253 g/mol. The molecule has 0 aliphatic carbocycles. The van der Waals surface area contributed by atoms with Crippen LogP contribution in [0.1, 0.15) is 21.4 Å². The zero-order valence-electron chi connectivity index (χ0n) is 9.41. The SMILES string of the molecule is Cc1ccc(C(N)Cc2cc(F)ccc2F)s1. The Morgan fingerprint density at radius 1 is 1.24 bits per heavy atom. The van der Waals surface area contributed by atoms with Crippen molar-refractivity contribution < 1.29 is 8.78 Å². The quantitative estimate of drug-likeness (QED) is 0.889. The number of hydrogen-bond acceptors (Lipinski definition) is 2. The number of nitrogens with two attached hydrogens (primary N) is 1. The Morgan fingerprint density at radius 2 is 2.00 bits per heavy atom. The van der Waals surface area contributed by atoms with Gasteiger partial charge in [-0.1, -0.05) is 0 Å². The molecule has 1 heterocycles. The summed E-state index contributed by atoms with van der Waals surface area (Å²) in [5.41, 5.74) is 6.30. The first-order valence-electron chi connectivity index (χ1n) is 5.32. The van der Waals surface area contributed by atoms with E-state index >= 15 is 0 Å². The summed E-state index contributed by atoms with van der Waals surface area (Å²) in [5, 5.41) is 0. The maximum Gasteiger partial charge on any atom is 0.126 e. The highest BCUT2D eigenvalue weighted by molar-refractivity contribution is 7.12. The van der Waals surface area contributed by atoms with Crippen LogP contribution in [-0.4, -0.2) is 0 Å². The van der Waals surface area contributed by atoms with Crippen molar-refractivity contribution in [2.24, 2.45) is 5.73 Å². The minimum atomic E-state index is -0.434. The predicted molar refractivity (Wildman–Crippen MR) is 66.0 cm³/mol. The van der Waals surface area contributed by atoms with Gasteiger partial charge in [-0.15, -0.1) is 11.3 Å². The van der Waals surface area contributed by atoms with Gasteiger partial charge in [0.15, 0.2) is 0 Å². The molecular formula is C13H13F2NS. The molecule has 0 radical (unpaired) electrons. The molecule has 1 aromatic carbocycles. The average Bonchev–Trinajstić information content (AvgIpc) is 2.70. The summed E-state index contributed by atoms with van der Waals surface area (Å²) in [6.45, 7) is 1.99. The van der Waals surface area contributed by atoms with E-state index in [-0.39, 0.29) is 6.04 Å². The van der Waals surface area contributed by atoms with Crippen LogP contribution in [0.5, 0.6) is 0 Å². The van der Waals surface area contributed by atoms with E-state index in [1.807, 2.05) is 19.1 Å². The molecule has 2 N–H and O–H groups in total. The smallest absolute Gasteiger partial charge is 0.126 e.